The third-order valence-electron chi connectivity index (χ3n) is 4.66. The molecule has 2 N–H and O–H groups in total. The molecule has 0 aliphatic carbocycles. The fraction of sp³-hybridized carbons (Fsp3) is 0.476. The normalized spacial score (nSPS) is 14.4. The van der Waals surface area contributed by atoms with Crippen molar-refractivity contribution in [3.05, 3.63) is 36.0 Å². The predicted molar refractivity (Wildman–Crippen MR) is 113 cm³/mol. The van der Waals surface area contributed by atoms with Gasteiger partial charge in [0, 0.05) is 30.9 Å². The smallest absolute Gasteiger partial charge is 0.409 e. The Labute approximate surface area is 171 Å². The summed E-state index contributed by atoms with van der Waals surface area (Å²) >= 11 is 0. The number of para-hydroxylation sites is 2. The molecule has 8 nitrogen and oxygen atoms in total. The maximum Gasteiger partial charge on any atom is 0.409 e. The second-order valence-corrected chi connectivity index (χ2v) is 6.88. The molecule has 0 saturated carbocycles. The highest BCUT2D eigenvalue weighted by Gasteiger charge is 2.23. The minimum absolute atomic E-state index is 0.233. The number of carbonyl (C=O) groups excluding carboxylic acids is 1. The number of anilines is 3. The van der Waals surface area contributed by atoms with E-state index in [1.165, 1.54) is 0 Å². The Morgan fingerprint density at radius 3 is 2.66 bits per heavy atom. The van der Waals surface area contributed by atoms with Gasteiger partial charge in [-0.15, -0.1) is 0 Å². The summed E-state index contributed by atoms with van der Waals surface area (Å²) < 4.78 is 10.7. The Bertz CT molecular complexity index is 822. The number of benzene rings is 1. The van der Waals surface area contributed by atoms with Gasteiger partial charge in [-0.3, -0.25) is 0 Å². The molecule has 3 rings (SSSR count). The van der Waals surface area contributed by atoms with Crippen LogP contribution in [0.25, 0.3) is 0 Å². The summed E-state index contributed by atoms with van der Waals surface area (Å²) in [5.74, 6) is 2.05. The van der Waals surface area contributed by atoms with Gasteiger partial charge in [0.15, 0.2) is 0 Å². The zero-order chi connectivity index (χ0) is 20.6. The van der Waals surface area contributed by atoms with Crippen molar-refractivity contribution in [2.24, 2.45) is 0 Å². The largest absolute Gasteiger partial charge is 0.492 e. The van der Waals surface area contributed by atoms with E-state index < -0.39 is 0 Å². The first-order valence-corrected chi connectivity index (χ1v) is 10.1. The lowest BCUT2D eigenvalue weighted by Gasteiger charge is -2.31. The summed E-state index contributed by atoms with van der Waals surface area (Å²) in [7, 11) is 0. The minimum atomic E-state index is -0.233. The van der Waals surface area contributed by atoms with Crippen LogP contribution in [0.15, 0.2) is 30.3 Å². The number of likely N-dealkylation sites (tertiary alicyclic amines) is 1. The second-order valence-electron chi connectivity index (χ2n) is 6.88. The predicted octanol–water partition coefficient (Wildman–Crippen LogP) is 3.96. The van der Waals surface area contributed by atoms with Gasteiger partial charge in [-0.25, -0.2) is 9.78 Å². The number of hydrogen-bond donors (Lipinski definition) is 2. The molecule has 1 aliphatic rings. The number of amides is 1. The van der Waals surface area contributed by atoms with Crippen molar-refractivity contribution in [2.45, 2.75) is 39.7 Å². The average molecular weight is 399 g/mol. The fourth-order valence-corrected chi connectivity index (χ4v) is 3.30. The maximum absolute atomic E-state index is 11.8. The summed E-state index contributed by atoms with van der Waals surface area (Å²) in [5, 5.41) is 6.73. The van der Waals surface area contributed by atoms with Crippen LogP contribution in [0.3, 0.4) is 0 Å². The van der Waals surface area contributed by atoms with Crippen molar-refractivity contribution in [2.75, 3.05) is 36.9 Å². The SMILES string of the molecule is CCOC(=O)N1CCC(Nc2cc(C)nc(Nc3ccccc3OCC)n2)CC1. The lowest BCUT2D eigenvalue weighted by Crippen LogP contribution is -2.42. The fourth-order valence-electron chi connectivity index (χ4n) is 3.30. The molecule has 2 heterocycles. The summed E-state index contributed by atoms with van der Waals surface area (Å²) in [4.78, 5) is 22.7. The third kappa shape index (κ3) is 5.73. The molecule has 0 spiro atoms. The van der Waals surface area contributed by atoms with Gasteiger partial charge >= 0.3 is 6.09 Å². The number of ether oxygens (including phenoxy) is 2. The van der Waals surface area contributed by atoms with E-state index in [2.05, 4.69) is 20.6 Å². The summed E-state index contributed by atoms with van der Waals surface area (Å²) in [6, 6.07) is 9.91. The first-order valence-electron chi connectivity index (χ1n) is 10.1. The molecule has 0 bridgehead atoms. The Kier molecular flexibility index (Phi) is 7.10. The van der Waals surface area contributed by atoms with Crippen molar-refractivity contribution >= 4 is 23.5 Å². The summed E-state index contributed by atoms with van der Waals surface area (Å²) in [6.07, 6.45) is 1.46. The average Bonchev–Trinajstić information content (AvgIpc) is 2.70. The standard InChI is InChI=1S/C21H29N5O3/c1-4-28-18-9-7-6-8-17(18)24-20-22-15(3)14-19(25-20)23-16-10-12-26(13-11-16)21(27)29-5-2/h6-9,14,16H,4-5,10-13H2,1-3H3,(H2,22,23,24,25). The lowest BCUT2D eigenvalue weighted by molar-refractivity contribution is 0.0983. The van der Waals surface area contributed by atoms with Gasteiger partial charge in [0.05, 0.1) is 18.9 Å². The van der Waals surface area contributed by atoms with Gasteiger partial charge < -0.3 is 25.0 Å². The molecule has 156 valence electrons. The van der Waals surface area contributed by atoms with Crippen molar-refractivity contribution in [1.29, 1.82) is 0 Å². The molecule has 1 aliphatic heterocycles. The van der Waals surface area contributed by atoms with Crippen LogP contribution >= 0.6 is 0 Å². The number of aryl methyl sites for hydroxylation is 1. The van der Waals surface area contributed by atoms with Crippen LogP contribution in [0, 0.1) is 6.92 Å². The number of rotatable bonds is 7. The lowest BCUT2D eigenvalue weighted by atomic mass is 10.1. The molecule has 8 heteroatoms. The first kappa shape index (κ1) is 20.7. The molecule has 29 heavy (non-hydrogen) atoms. The molecule has 0 atom stereocenters. The molecular formula is C21H29N5O3. The van der Waals surface area contributed by atoms with Crippen LogP contribution in [0.4, 0.5) is 22.2 Å². The van der Waals surface area contributed by atoms with Crippen LogP contribution in [-0.4, -0.2) is 53.3 Å². The van der Waals surface area contributed by atoms with Gasteiger partial charge in [-0.2, -0.15) is 4.98 Å². The highest BCUT2D eigenvalue weighted by atomic mass is 16.6. The van der Waals surface area contributed by atoms with Crippen LogP contribution < -0.4 is 15.4 Å². The number of carbonyl (C=O) groups is 1. The Balaban J connectivity index is 1.64. The zero-order valence-electron chi connectivity index (χ0n) is 17.3. The van der Waals surface area contributed by atoms with E-state index in [-0.39, 0.29) is 12.1 Å². The minimum Gasteiger partial charge on any atom is -0.492 e. The summed E-state index contributed by atoms with van der Waals surface area (Å²) in [5.41, 5.74) is 1.69. The van der Waals surface area contributed by atoms with E-state index in [4.69, 9.17) is 9.47 Å². The molecular weight excluding hydrogens is 370 g/mol. The highest BCUT2D eigenvalue weighted by molar-refractivity contribution is 5.67. The van der Waals surface area contributed by atoms with Gasteiger partial charge in [0.1, 0.15) is 11.6 Å². The van der Waals surface area contributed by atoms with Gasteiger partial charge in [0.25, 0.3) is 0 Å². The number of piperidine rings is 1. The molecule has 0 radical (unpaired) electrons. The van der Waals surface area contributed by atoms with Crippen LogP contribution in [0.2, 0.25) is 0 Å². The van der Waals surface area contributed by atoms with E-state index >= 15 is 0 Å². The van der Waals surface area contributed by atoms with Crippen molar-refractivity contribution in [3.8, 4) is 5.75 Å². The second kappa shape index (κ2) is 9.95. The molecule has 1 fully saturated rings. The maximum atomic E-state index is 11.8. The van der Waals surface area contributed by atoms with Gasteiger partial charge in [0.2, 0.25) is 5.95 Å². The number of hydrogen-bond acceptors (Lipinski definition) is 7. The Morgan fingerprint density at radius 2 is 1.93 bits per heavy atom. The summed E-state index contributed by atoms with van der Waals surface area (Å²) in [6.45, 7) is 8.05. The monoisotopic (exact) mass is 399 g/mol. The van der Waals surface area contributed by atoms with Gasteiger partial charge in [-0.1, -0.05) is 12.1 Å². The Hall–Kier alpha value is -3.03. The van der Waals surface area contributed by atoms with Crippen LogP contribution in [0.5, 0.6) is 5.75 Å². The number of nitrogens with one attached hydrogen (secondary N) is 2. The molecule has 1 saturated heterocycles. The molecule has 1 aromatic heterocycles. The quantitative estimate of drug-likeness (QED) is 0.728. The molecule has 1 aromatic carbocycles. The number of aromatic nitrogens is 2. The van der Waals surface area contributed by atoms with E-state index in [1.54, 1.807) is 4.90 Å². The zero-order valence-corrected chi connectivity index (χ0v) is 17.3. The van der Waals surface area contributed by atoms with Crippen LogP contribution in [0.1, 0.15) is 32.4 Å². The topological polar surface area (TPSA) is 88.6 Å². The Morgan fingerprint density at radius 1 is 1.17 bits per heavy atom. The van der Waals surface area contributed by atoms with Crippen molar-refractivity contribution in [3.63, 3.8) is 0 Å². The van der Waals surface area contributed by atoms with E-state index in [9.17, 15) is 4.79 Å². The number of nitrogens with zero attached hydrogens (tertiary/aromatic N) is 3. The van der Waals surface area contributed by atoms with Crippen molar-refractivity contribution < 1.29 is 14.3 Å². The van der Waals surface area contributed by atoms with E-state index in [0.717, 1.165) is 35.8 Å². The van der Waals surface area contributed by atoms with Gasteiger partial charge in [-0.05, 0) is 45.7 Å². The van der Waals surface area contributed by atoms with E-state index in [0.29, 0.717) is 32.3 Å². The highest BCUT2D eigenvalue weighted by Crippen LogP contribution is 2.27. The molecule has 1 amide bonds. The first-order chi connectivity index (χ1) is 14.1. The van der Waals surface area contributed by atoms with E-state index in [1.807, 2.05) is 51.1 Å². The molecule has 2 aromatic rings. The van der Waals surface area contributed by atoms with Crippen LogP contribution in [-0.2, 0) is 4.74 Å². The third-order valence-corrected chi connectivity index (χ3v) is 4.66. The molecule has 0 unspecified atom stereocenters. The van der Waals surface area contributed by atoms with Crippen molar-refractivity contribution in [1.82, 2.24) is 14.9 Å².